The second-order valence-corrected chi connectivity index (χ2v) is 16.6. The van der Waals surface area contributed by atoms with Gasteiger partial charge >= 0.3 is 0 Å². The molecule has 0 heterocycles. The fourth-order valence-electron chi connectivity index (χ4n) is 6.86. The van der Waals surface area contributed by atoms with Crippen molar-refractivity contribution in [3.8, 4) is 0 Å². The third-order valence-corrected chi connectivity index (χ3v) is 9.22. The van der Waals surface area contributed by atoms with E-state index in [4.69, 9.17) is 0 Å². The second kappa shape index (κ2) is 29.3. The first-order valence-electron chi connectivity index (χ1n) is 18.9. The standard InChI is InChI=1S/C40H80N3.3BrH/c1-10-12-14-16-18-20-22-24-26-28-30-42(6,7)36-39-32-38(35-41(3,4)5)33-40(34-39)37-43(8,9)31-29-27-25-23-21-19-17-15-13-11-2;;;/h32-34H,10-31,35-37H2,1-9H3;3*1H/q+3;;;/p-3. The van der Waals surface area contributed by atoms with Gasteiger partial charge in [0.25, 0.3) is 0 Å². The molecule has 0 amide bonds. The van der Waals surface area contributed by atoms with Crippen molar-refractivity contribution in [2.24, 2.45) is 0 Å². The Morgan fingerprint density at radius 3 is 0.848 bits per heavy atom. The van der Waals surface area contributed by atoms with Crippen LogP contribution < -0.4 is 50.9 Å². The number of hydrogen-bond donors (Lipinski definition) is 0. The Labute approximate surface area is 321 Å². The van der Waals surface area contributed by atoms with Gasteiger partial charge < -0.3 is 64.4 Å². The van der Waals surface area contributed by atoms with E-state index in [-0.39, 0.29) is 50.9 Å². The highest BCUT2D eigenvalue weighted by Gasteiger charge is 2.21. The Hall–Kier alpha value is 0.540. The van der Waals surface area contributed by atoms with Gasteiger partial charge in [-0.25, -0.2) is 0 Å². The Balaban J connectivity index is -0.00000616. The first-order chi connectivity index (χ1) is 20.4. The Morgan fingerprint density at radius 2 is 0.587 bits per heavy atom. The van der Waals surface area contributed by atoms with Crippen molar-refractivity contribution < 1.29 is 64.4 Å². The van der Waals surface area contributed by atoms with E-state index >= 15 is 0 Å². The van der Waals surface area contributed by atoms with Gasteiger partial charge in [-0.2, -0.15) is 0 Å². The molecule has 0 atom stereocenters. The van der Waals surface area contributed by atoms with Gasteiger partial charge in [0, 0.05) is 16.7 Å². The average Bonchev–Trinajstić information content (AvgIpc) is 2.89. The minimum atomic E-state index is 0. The van der Waals surface area contributed by atoms with E-state index in [0.717, 1.165) is 33.1 Å². The summed E-state index contributed by atoms with van der Waals surface area (Å²) in [6.45, 7) is 10.6. The minimum Gasteiger partial charge on any atom is -1.00 e. The summed E-state index contributed by atoms with van der Waals surface area (Å²) in [4.78, 5) is 0. The van der Waals surface area contributed by atoms with Gasteiger partial charge in [-0.1, -0.05) is 117 Å². The molecule has 46 heavy (non-hydrogen) atoms. The predicted molar refractivity (Wildman–Crippen MR) is 193 cm³/mol. The summed E-state index contributed by atoms with van der Waals surface area (Å²) in [5.74, 6) is 0. The molecule has 0 saturated carbocycles. The smallest absolute Gasteiger partial charge is 0.104 e. The number of benzene rings is 1. The predicted octanol–water partition coefficient (Wildman–Crippen LogP) is 1.90. The summed E-state index contributed by atoms with van der Waals surface area (Å²) in [5, 5.41) is 0. The molecule has 0 N–H and O–H groups in total. The van der Waals surface area contributed by atoms with Gasteiger partial charge in [0.1, 0.15) is 19.6 Å². The maximum atomic E-state index is 2.55. The molecule has 0 aliphatic heterocycles. The maximum Gasteiger partial charge on any atom is 0.104 e. The molecule has 3 nitrogen and oxygen atoms in total. The Kier molecular flexibility index (Phi) is 32.4. The molecular weight excluding hydrogens is 762 g/mol. The van der Waals surface area contributed by atoms with Crippen molar-refractivity contribution >= 4 is 0 Å². The van der Waals surface area contributed by atoms with Gasteiger partial charge in [0.05, 0.1) is 62.4 Å². The maximum absolute atomic E-state index is 2.55. The highest BCUT2D eigenvalue weighted by molar-refractivity contribution is 5.29. The molecule has 0 spiro atoms. The van der Waals surface area contributed by atoms with Crippen LogP contribution in [0.5, 0.6) is 0 Å². The lowest BCUT2D eigenvalue weighted by Gasteiger charge is -2.32. The first-order valence-corrected chi connectivity index (χ1v) is 18.9. The zero-order valence-corrected chi connectivity index (χ0v) is 37.1. The largest absolute Gasteiger partial charge is 1.00 e. The normalized spacial score (nSPS) is 11.9. The lowest BCUT2D eigenvalue weighted by atomic mass is 10.0. The molecule has 0 bridgehead atoms. The molecule has 0 unspecified atom stereocenters. The van der Waals surface area contributed by atoms with Crippen LogP contribution in [0.4, 0.5) is 0 Å². The van der Waals surface area contributed by atoms with Crippen molar-refractivity contribution in [3.63, 3.8) is 0 Å². The summed E-state index contributed by atoms with van der Waals surface area (Å²) in [6, 6.07) is 7.60. The molecule has 0 aromatic heterocycles. The molecule has 276 valence electrons. The van der Waals surface area contributed by atoms with Crippen LogP contribution in [-0.2, 0) is 19.6 Å². The second-order valence-electron chi connectivity index (χ2n) is 16.6. The summed E-state index contributed by atoms with van der Waals surface area (Å²) in [6.07, 6.45) is 28.3. The molecule has 1 aromatic rings. The van der Waals surface area contributed by atoms with Crippen LogP contribution in [0.3, 0.4) is 0 Å². The number of nitrogens with zero attached hydrogens (tertiary/aromatic N) is 3. The van der Waals surface area contributed by atoms with E-state index in [1.54, 1.807) is 0 Å². The number of rotatable bonds is 28. The Bertz CT molecular complexity index is 764. The molecule has 6 heteroatoms. The monoisotopic (exact) mass is 839 g/mol. The summed E-state index contributed by atoms with van der Waals surface area (Å²) in [7, 11) is 16.8. The first kappa shape index (κ1) is 50.9. The van der Waals surface area contributed by atoms with Gasteiger partial charge in [0.2, 0.25) is 0 Å². The van der Waals surface area contributed by atoms with Gasteiger partial charge in [-0.3, -0.25) is 0 Å². The quantitative estimate of drug-likeness (QED) is 0.0895. The topological polar surface area (TPSA) is 0 Å². The zero-order chi connectivity index (χ0) is 32.0. The van der Waals surface area contributed by atoms with Crippen LogP contribution in [0.25, 0.3) is 0 Å². The number of unbranched alkanes of at least 4 members (excludes halogenated alkanes) is 18. The van der Waals surface area contributed by atoms with E-state index in [1.807, 2.05) is 0 Å². The van der Waals surface area contributed by atoms with Crippen molar-refractivity contribution in [3.05, 3.63) is 34.9 Å². The van der Waals surface area contributed by atoms with Crippen molar-refractivity contribution in [2.75, 3.05) is 62.4 Å². The van der Waals surface area contributed by atoms with Gasteiger partial charge in [0.15, 0.2) is 0 Å². The molecule has 0 aliphatic rings. The summed E-state index contributed by atoms with van der Waals surface area (Å²) in [5.41, 5.74) is 4.59. The summed E-state index contributed by atoms with van der Waals surface area (Å²) >= 11 is 0. The third-order valence-electron chi connectivity index (χ3n) is 9.22. The van der Waals surface area contributed by atoms with E-state index in [0.29, 0.717) is 0 Å². The van der Waals surface area contributed by atoms with Crippen LogP contribution in [0.15, 0.2) is 18.2 Å². The van der Waals surface area contributed by atoms with Crippen LogP contribution in [0.1, 0.15) is 159 Å². The van der Waals surface area contributed by atoms with Crippen LogP contribution in [-0.4, -0.2) is 75.9 Å². The zero-order valence-electron chi connectivity index (χ0n) is 32.4. The van der Waals surface area contributed by atoms with Gasteiger partial charge in [-0.15, -0.1) is 0 Å². The SMILES string of the molecule is CCCCCCCCCCCC[N+](C)(C)Cc1cc(C[N+](C)(C)C)cc(C[N+](C)(C)CCCCCCCCCCCC)c1.[Br-].[Br-].[Br-]. The fourth-order valence-corrected chi connectivity index (χ4v) is 6.86. The fraction of sp³-hybridized carbons (Fsp3) is 0.850. The third kappa shape index (κ3) is 29.5. The van der Waals surface area contributed by atoms with E-state index in [9.17, 15) is 0 Å². The average molecular weight is 843 g/mol. The lowest BCUT2D eigenvalue weighted by Crippen LogP contribution is -3.00. The van der Waals surface area contributed by atoms with E-state index in [1.165, 1.54) is 158 Å². The molecule has 0 fully saturated rings. The molecular formula is C40H80Br3N3. The van der Waals surface area contributed by atoms with Crippen LogP contribution >= 0.6 is 0 Å². The molecule has 0 aliphatic carbocycles. The van der Waals surface area contributed by atoms with Crippen molar-refractivity contribution in [1.29, 1.82) is 0 Å². The molecule has 0 saturated heterocycles. The highest BCUT2D eigenvalue weighted by atomic mass is 79.9. The number of halogens is 3. The lowest BCUT2D eigenvalue weighted by molar-refractivity contribution is -0.904. The van der Waals surface area contributed by atoms with Crippen molar-refractivity contribution in [2.45, 2.75) is 162 Å². The molecule has 1 rings (SSSR count). The number of hydrogen-bond acceptors (Lipinski definition) is 0. The number of quaternary nitrogens is 3. The summed E-state index contributed by atoms with van der Waals surface area (Å²) < 4.78 is 3.18. The molecule has 0 radical (unpaired) electrons. The van der Waals surface area contributed by atoms with Crippen molar-refractivity contribution in [1.82, 2.24) is 0 Å². The van der Waals surface area contributed by atoms with E-state index in [2.05, 4.69) is 81.4 Å². The molecule has 1 aromatic carbocycles. The minimum absolute atomic E-state index is 0. The Morgan fingerprint density at radius 1 is 0.348 bits per heavy atom. The highest BCUT2D eigenvalue weighted by Crippen LogP contribution is 2.22. The van der Waals surface area contributed by atoms with Gasteiger partial charge in [-0.05, 0) is 43.9 Å². The van der Waals surface area contributed by atoms with Crippen LogP contribution in [0, 0.1) is 0 Å². The van der Waals surface area contributed by atoms with E-state index < -0.39 is 0 Å². The van der Waals surface area contributed by atoms with Crippen LogP contribution in [0.2, 0.25) is 0 Å².